The molecule has 2 N–H and O–H groups in total. The zero-order valence-corrected chi connectivity index (χ0v) is 16.6. The maximum Gasteiger partial charge on any atom is 0.161 e. The van der Waals surface area contributed by atoms with Gasteiger partial charge in [-0.05, 0) is 35.9 Å². The molecule has 0 amide bonds. The van der Waals surface area contributed by atoms with Crippen molar-refractivity contribution in [2.75, 3.05) is 24.9 Å². The average molecular weight is 419 g/mol. The standard InChI is InChI=1S/C19H16ClFN4O2S/c1-26-14-5-10-8-22-17-18(25-11-3-4-13(21)12(20)6-11)23-9-24-19(17)28-16(10)7-15(14)27-2/h3-7,9,22H,8H2,1-2H3,(H,23,24,25). The Labute approximate surface area is 170 Å². The summed E-state index contributed by atoms with van der Waals surface area (Å²) < 4.78 is 24.2. The summed E-state index contributed by atoms with van der Waals surface area (Å²) in [5.74, 6) is 1.43. The Morgan fingerprint density at radius 2 is 1.93 bits per heavy atom. The average Bonchev–Trinajstić information content (AvgIpc) is 2.89. The summed E-state index contributed by atoms with van der Waals surface area (Å²) in [5.41, 5.74) is 2.43. The molecule has 0 saturated carbocycles. The first-order chi connectivity index (χ1) is 13.6. The highest BCUT2D eigenvalue weighted by Gasteiger charge is 2.21. The number of aromatic nitrogens is 2. The number of methoxy groups -OCH3 is 2. The van der Waals surface area contributed by atoms with E-state index in [-0.39, 0.29) is 5.02 Å². The van der Waals surface area contributed by atoms with E-state index in [0.29, 0.717) is 29.5 Å². The first-order valence-electron chi connectivity index (χ1n) is 8.32. The monoisotopic (exact) mass is 418 g/mol. The van der Waals surface area contributed by atoms with E-state index >= 15 is 0 Å². The van der Waals surface area contributed by atoms with Crippen LogP contribution in [0.1, 0.15) is 5.56 Å². The minimum Gasteiger partial charge on any atom is -0.493 e. The first kappa shape index (κ1) is 18.6. The molecule has 0 bridgehead atoms. The number of nitrogens with one attached hydrogen (secondary N) is 2. The number of anilines is 3. The van der Waals surface area contributed by atoms with Gasteiger partial charge < -0.3 is 20.1 Å². The van der Waals surface area contributed by atoms with Gasteiger partial charge in [0.15, 0.2) is 17.3 Å². The van der Waals surface area contributed by atoms with Crippen LogP contribution >= 0.6 is 23.4 Å². The number of nitrogens with zero attached hydrogens (tertiary/aromatic N) is 2. The maximum atomic E-state index is 13.4. The van der Waals surface area contributed by atoms with Crippen molar-refractivity contribution < 1.29 is 13.9 Å². The Hall–Kier alpha value is -2.71. The van der Waals surface area contributed by atoms with E-state index in [2.05, 4.69) is 20.6 Å². The molecule has 0 radical (unpaired) electrons. The second-order valence-electron chi connectivity index (χ2n) is 5.93. The van der Waals surface area contributed by atoms with E-state index in [1.54, 1.807) is 20.3 Å². The summed E-state index contributed by atoms with van der Waals surface area (Å²) in [4.78, 5) is 9.74. The number of hydrogen-bond donors (Lipinski definition) is 2. The van der Waals surface area contributed by atoms with Crippen LogP contribution in [0.2, 0.25) is 5.02 Å². The highest BCUT2D eigenvalue weighted by Crippen LogP contribution is 2.44. The fourth-order valence-corrected chi connectivity index (χ4v) is 4.02. The Morgan fingerprint density at radius 3 is 2.68 bits per heavy atom. The predicted molar refractivity (Wildman–Crippen MR) is 108 cm³/mol. The first-order valence-corrected chi connectivity index (χ1v) is 9.52. The molecule has 0 saturated heterocycles. The summed E-state index contributed by atoms with van der Waals surface area (Å²) in [6.45, 7) is 0.557. The van der Waals surface area contributed by atoms with Crippen LogP contribution in [-0.4, -0.2) is 24.2 Å². The number of hydrogen-bond acceptors (Lipinski definition) is 7. The fraction of sp³-hybridized carbons (Fsp3) is 0.158. The molecule has 2 heterocycles. The quantitative estimate of drug-likeness (QED) is 0.571. The molecule has 4 rings (SSSR count). The van der Waals surface area contributed by atoms with E-state index in [4.69, 9.17) is 21.1 Å². The molecule has 28 heavy (non-hydrogen) atoms. The van der Waals surface area contributed by atoms with Gasteiger partial charge in [-0.2, -0.15) is 0 Å². The van der Waals surface area contributed by atoms with Crippen molar-refractivity contribution in [3.05, 3.63) is 53.1 Å². The van der Waals surface area contributed by atoms with Crippen molar-refractivity contribution in [1.29, 1.82) is 0 Å². The lowest BCUT2D eigenvalue weighted by Crippen LogP contribution is -2.05. The molecule has 0 fully saturated rings. The van der Waals surface area contributed by atoms with Gasteiger partial charge in [-0.15, -0.1) is 0 Å². The number of benzene rings is 2. The molecule has 9 heteroatoms. The molecule has 1 aromatic heterocycles. The van der Waals surface area contributed by atoms with Crippen LogP contribution in [0, 0.1) is 5.82 Å². The molecule has 1 aliphatic rings. The molecule has 0 atom stereocenters. The third kappa shape index (κ3) is 3.53. The molecular formula is C19H16ClFN4O2S. The molecule has 2 aromatic carbocycles. The van der Waals surface area contributed by atoms with Crippen molar-refractivity contribution in [2.45, 2.75) is 16.5 Å². The zero-order chi connectivity index (χ0) is 19.7. The van der Waals surface area contributed by atoms with Crippen molar-refractivity contribution in [3.63, 3.8) is 0 Å². The highest BCUT2D eigenvalue weighted by molar-refractivity contribution is 7.99. The molecule has 0 spiro atoms. The van der Waals surface area contributed by atoms with Crippen molar-refractivity contribution in [3.8, 4) is 11.5 Å². The van der Waals surface area contributed by atoms with Crippen LogP contribution in [0.3, 0.4) is 0 Å². The molecule has 0 aliphatic carbocycles. The van der Waals surface area contributed by atoms with Gasteiger partial charge in [0.1, 0.15) is 22.9 Å². The summed E-state index contributed by atoms with van der Waals surface area (Å²) in [5, 5.41) is 7.35. The Morgan fingerprint density at radius 1 is 1.14 bits per heavy atom. The number of fused-ring (bicyclic) bond motifs is 2. The van der Waals surface area contributed by atoms with E-state index in [9.17, 15) is 4.39 Å². The molecular weight excluding hydrogens is 403 g/mol. The van der Waals surface area contributed by atoms with E-state index < -0.39 is 5.82 Å². The number of ether oxygens (including phenoxy) is 2. The Balaban J connectivity index is 1.69. The van der Waals surface area contributed by atoms with E-state index in [1.807, 2.05) is 12.1 Å². The van der Waals surface area contributed by atoms with E-state index in [0.717, 1.165) is 21.2 Å². The topological polar surface area (TPSA) is 68.3 Å². The summed E-state index contributed by atoms with van der Waals surface area (Å²) >= 11 is 7.38. The molecule has 6 nitrogen and oxygen atoms in total. The Kier molecular flexibility index (Phi) is 5.15. The number of rotatable bonds is 4. The van der Waals surface area contributed by atoms with Crippen LogP contribution in [0.5, 0.6) is 11.5 Å². The molecule has 0 unspecified atom stereocenters. The van der Waals surface area contributed by atoms with Gasteiger partial charge in [0.05, 0.1) is 19.2 Å². The summed E-state index contributed by atoms with van der Waals surface area (Å²) in [7, 11) is 3.22. The SMILES string of the molecule is COc1cc2c(cc1OC)Sc1ncnc(Nc3ccc(F)c(Cl)c3)c1NC2. The van der Waals surface area contributed by atoms with Gasteiger partial charge in [0, 0.05) is 17.1 Å². The second-order valence-corrected chi connectivity index (χ2v) is 7.36. The van der Waals surface area contributed by atoms with Crippen molar-refractivity contribution >= 4 is 40.6 Å². The molecule has 3 aromatic rings. The van der Waals surface area contributed by atoms with Crippen LogP contribution in [0.15, 0.2) is 46.6 Å². The fourth-order valence-electron chi connectivity index (χ4n) is 2.83. The minimum atomic E-state index is -0.472. The maximum absolute atomic E-state index is 13.4. The molecule has 1 aliphatic heterocycles. The lowest BCUT2D eigenvalue weighted by Gasteiger charge is -2.13. The third-order valence-electron chi connectivity index (χ3n) is 4.22. The predicted octanol–water partition coefficient (Wildman–Crippen LogP) is 5.11. The van der Waals surface area contributed by atoms with Crippen molar-refractivity contribution in [1.82, 2.24) is 9.97 Å². The highest BCUT2D eigenvalue weighted by atomic mass is 35.5. The summed E-state index contributed by atoms with van der Waals surface area (Å²) in [6.07, 6.45) is 1.48. The van der Waals surface area contributed by atoms with Crippen LogP contribution < -0.4 is 20.1 Å². The van der Waals surface area contributed by atoms with E-state index in [1.165, 1.54) is 30.2 Å². The van der Waals surface area contributed by atoms with Crippen molar-refractivity contribution in [2.24, 2.45) is 0 Å². The molecule has 144 valence electrons. The second kappa shape index (κ2) is 7.73. The lowest BCUT2D eigenvalue weighted by molar-refractivity contribution is 0.353. The van der Waals surface area contributed by atoms with Gasteiger partial charge in [-0.1, -0.05) is 23.4 Å². The normalized spacial score (nSPS) is 12.3. The number of halogens is 2. The lowest BCUT2D eigenvalue weighted by atomic mass is 10.2. The summed E-state index contributed by atoms with van der Waals surface area (Å²) in [6, 6.07) is 8.30. The van der Waals surface area contributed by atoms with Crippen LogP contribution in [0.4, 0.5) is 21.6 Å². The van der Waals surface area contributed by atoms with Gasteiger partial charge in [0.2, 0.25) is 0 Å². The largest absolute Gasteiger partial charge is 0.493 e. The minimum absolute atomic E-state index is 0.0408. The van der Waals surface area contributed by atoms with Gasteiger partial charge >= 0.3 is 0 Å². The smallest absolute Gasteiger partial charge is 0.161 e. The van der Waals surface area contributed by atoms with Gasteiger partial charge in [-0.3, -0.25) is 0 Å². The van der Waals surface area contributed by atoms with Crippen LogP contribution in [0.25, 0.3) is 0 Å². The van der Waals surface area contributed by atoms with Gasteiger partial charge in [0.25, 0.3) is 0 Å². The zero-order valence-electron chi connectivity index (χ0n) is 15.0. The van der Waals surface area contributed by atoms with Crippen LogP contribution in [-0.2, 0) is 6.54 Å². The third-order valence-corrected chi connectivity index (χ3v) is 5.62. The van der Waals surface area contributed by atoms with Gasteiger partial charge in [-0.25, -0.2) is 14.4 Å². The Bertz CT molecular complexity index is 1050.